The lowest BCUT2D eigenvalue weighted by Crippen LogP contribution is -1.97. The van der Waals surface area contributed by atoms with E-state index in [1.807, 2.05) is 54.6 Å². The van der Waals surface area contributed by atoms with Crippen LogP contribution >= 0.6 is 11.6 Å². The first kappa shape index (κ1) is 14.4. The van der Waals surface area contributed by atoms with Crippen molar-refractivity contribution in [3.63, 3.8) is 0 Å². The van der Waals surface area contributed by atoms with Gasteiger partial charge in [0.05, 0.1) is 12.8 Å². The maximum atomic E-state index is 5.98. The molecule has 0 fully saturated rings. The van der Waals surface area contributed by atoms with Crippen LogP contribution in [0.4, 0.5) is 11.6 Å². The Morgan fingerprint density at radius 2 is 1.91 bits per heavy atom. The van der Waals surface area contributed by atoms with Gasteiger partial charge in [-0.25, -0.2) is 9.97 Å². The second kappa shape index (κ2) is 6.45. The highest BCUT2D eigenvalue weighted by atomic mass is 35.5. The topological polar surface area (TPSA) is 47.0 Å². The highest BCUT2D eigenvalue weighted by molar-refractivity contribution is 6.30. The average Bonchev–Trinajstić information content (AvgIpc) is 2.55. The lowest BCUT2D eigenvalue weighted by atomic mass is 10.1. The van der Waals surface area contributed by atoms with E-state index >= 15 is 0 Å². The number of rotatable bonds is 4. The van der Waals surface area contributed by atoms with Gasteiger partial charge in [0.2, 0.25) is 5.95 Å². The predicted molar refractivity (Wildman–Crippen MR) is 88.8 cm³/mol. The number of ether oxygens (including phenoxy) is 1. The summed E-state index contributed by atoms with van der Waals surface area (Å²) in [5, 5.41) is 3.81. The predicted octanol–water partition coefficient (Wildman–Crippen LogP) is 4.55. The Morgan fingerprint density at radius 3 is 2.73 bits per heavy atom. The van der Waals surface area contributed by atoms with E-state index in [0.717, 1.165) is 22.7 Å². The second-order valence-electron chi connectivity index (χ2n) is 4.63. The summed E-state index contributed by atoms with van der Waals surface area (Å²) in [5.74, 6) is 1.31. The molecular formula is C17H14ClN3O. The van der Waals surface area contributed by atoms with E-state index in [0.29, 0.717) is 11.0 Å². The Morgan fingerprint density at radius 1 is 1.05 bits per heavy atom. The Hall–Kier alpha value is -2.59. The molecule has 3 aromatic rings. The monoisotopic (exact) mass is 311 g/mol. The molecule has 1 N–H and O–H groups in total. The zero-order valence-corrected chi connectivity index (χ0v) is 12.7. The van der Waals surface area contributed by atoms with Crippen molar-refractivity contribution >= 4 is 23.2 Å². The van der Waals surface area contributed by atoms with E-state index < -0.39 is 0 Å². The van der Waals surface area contributed by atoms with Gasteiger partial charge in [-0.3, -0.25) is 0 Å². The van der Waals surface area contributed by atoms with Gasteiger partial charge in [0.1, 0.15) is 5.75 Å². The summed E-state index contributed by atoms with van der Waals surface area (Å²) in [6.45, 7) is 0. The zero-order chi connectivity index (χ0) is 15.4. The second-order valence-corrected chi connectivity index (χ2v) is 5.07. The van der Waals surface area contributed by atoms with E-state index in [-0.39, 0.29) is 0 Å². The molecule has 0 aliphatic rings. The third-order valence-corrected chi connectivity index (χ3v) is 3.34. The SMILES string of the molecule is COc1cccc(-c2ccnc(Nc3cccc(Cl)c3)n2)c1. The van der Waals surface area contributed by atoms with Gasteiger partial charge in [-0.05, 0) is 36.4 Å². The van der Waals surface area contributed by atoms with Gasteiger partial charge in [0.25, 0.3) is 0 Å². The first-order valence-electron chi connectivity index (χ1n) is 6.75. The molecule has 0 aliphatic heterocycles. The summed E-state index contributed by atoms with van der Waals surface area (Å²) in [7, 11) is 1.64. The zero-order valence-electron chi connectivity index (χ0n) is 12.0. The van der Waals surface area contributed by atoms with Crippen LogP contribution in [-0.2, 0) is 0 Å². The number of methoxy groups -OCH3 is 1. The lowest BCUT2D eigenvalue weighted by molar-refractivity contribution is 0.415. The van der Waals surface area contributed by atoms with Gasteiger partial charge < -0.3 is 10.1 Å². The molecule has 0 spiro atoms. The van der Waals surface area contributed by atoms with Crippen LogP contribution in [0.3, 0.4) is 0 Å². The summed E-state index contributed by atoms with van der Waals surface area (Å²) in [4.78, 5) is 8.76. The van der Waals surface area contributed by atoms with Gasteiger partial charge in [0, 0.05) is 22.5 Å². The number of hydrogen-bond donors (Lipinski definition) is 1. The van der Waals surface area contributed by atoms with Gasteiger partial charge in [-0.1, -0.05) is 29.8 Å². The number of hydrogen-bond acceptors (Lipinski definition) is 4. The number of benzene rings is 2. The van der Waals surface area contributed by atoms with Crippen molar-refractivity contribution in [3.05, 3.63) is 65.8 Å². The average molecular weight is 312 g/mol. The highest BCUT2D eigenvalue weighted by Crippen LogP contribution is 2.24. The molecule has 0 saturated heterocycles. The third kappa shape index (κ3) is 3.35. The minimum atomic E-state index is 0.516. The van der Waals surface area contributed by atoms with E-state index in [1.54, 1.807) is 13.3 Å². The highest BCUT2D eigenvalue weighted by Gasteiger charge is 2.04. The molecular weight excluding hydrogens is 298 g/mol. The van der Waals surface area contributed by atoms with E-state index in [4.69, 9.17) is 16.3 Å². The molecule has 1 aromatic heterocycles. The maximum absolute atomic E-state index is 5.98. The Balaban J connectivity index is 1.89. The first-order valence-corrected chi connectivity index (χ1v) is 7.12. The summed E-state index contributed by atoms with van der Waals surface area (Å²) in [6.07, 6.45) is 1.72. The van der Waals surface area contributed by atoms with Crippen molar-refractivity contribution in [1.82, 2.24) is 9.97 Å². The molecule has 0 amide bonds. The molecule has 0 atom stereocenters. The number of nitrogens with zero attached hydrogens (tertiary/aromatic N) is 2. The minimum absolute atomic E-state index is 0.516. The van der Waals surface area contributed by atoms with E-state index in [9.17, 15) is 0 Å². The fraction of sp³-hybridized carbons (Fsp3) is 0.0588. The van der Waals surface area contributed by atoms with Crippen molar-refractivity contribution in [2.45, 2.75) is 0 Å². The molecule has 110 valence electrons. The summed E-state index contributed by atoms with van der Waals surface area (Å²) < 4.78 is 5.24. The van der Waals surface area contributed by atoms with Gasteiger partial charge in [0.15, 0.2) is 0 Å². The summed E-state index contributed by atoms with van der Waals surface area (Å²) in [6, 6.07) is 17.0. The van der Waals surface area contributed by atoms with Crippen LogP contribution in [0.2, 0.25) is 5.02 Å². The lowest BCUT2D eigenvalue weighted by Gasteiger charge is -2.08. The van der Waals surface area contributed by atoms with Crippen molar-refractivity contribution in [1.29, 1.82) is 0 Å². The normalized spacial score (nSPS) is 10.3. The Labute approximate surface area is 133 Å². The van der Waals surface area contributed by atoms with Crippen molar-refractivity contribution in [2.75, 3.05) is 12.4 Å². The minimum Gasteiger partial charge on any atom is -0.497 e. The molecule has 0 radical (unpaired) electrons. The van der Waals surface area contributed by atoms with Crippen LogP contribution in [0.1, 0.15) is 0 Å². The third-order valence-electron chi connectivity index (χ3n) is 3.10. The molecule has 1 heterocycles. The molecule has 0 unspecified atom stereocenters. The smallest absolute Gasteiger partial charge is 0.227 e. The van der Waals surface area contributed by atoms with Crippen molar-refractivity contribution in [3.8, 4) is 17.0 Å². The number of aromatic nitrogens is 2. The van der Waals surface area contributed by atoms with Crippen LogP contribution in [0, 0.1) is 0 Å². The van der Waals surface area contributed by atoms with Crippen LogP contribution in [0.5, 0.6) is 5.75 Å². The molecule has 0 aliphatic carbocycles. The summed E-state index contributed by atoms with van der Waals surface area (Å²) in [5.41, 5.74) is 2.63. The molecule has 0 saturated carbocycles. The Bertz CT molecular complexity index is 792. The van der Waals surface area contributed by atoms with Crippen LogP contribution in [0.25, 0.3) is 11.3 Å². The van der Waals surface area contributed by atoms with Crippen LogP contribution in [0.15, 0.2) is 60.8 Å². The summed E-state index contributed by atoms with van der Waals surface area (Å²) >= 11 is 5.98. The molecule has 3 rings (SSSR count). The molecule has 0 bridgehead atoms. The van der Waals surface area contributed by atoms with Gasteiger partial charge in [-0.15, -0.1) is 0 Å². The molecule has 22 heavy (non-hydrogen) atoms. The molecule has 2 aromatic carbocycles. The maximum Gasteiger partial charge on any atom is 0.227 e. The van der Waals surface area contributed by atoms with Gasteiger partial charge in [-0.2, -0.15) is 0 Å². The standard InChI is InChI=1S/C17H14ClN3O/c1-22-15-7-2-4-12(10-15)16-8-9-19-17(21-16)20-14-6-3-5-13(18)11-14/h2-11H,1H3,(H,19,20,21). The van der Waals surface area contributed by atoms with Gasteiger partial charge >= 0.3 is 0 Å². The number of halogens is 1. The molecule has 5 heteroatoms. The molecule has 4 nitrogen and oxygen atoms in total. The quantitative estimate of drug-likeness (QED) is 0.768. The van der Waals surface area contributed by atoms with E-state index in [1.165, 1.54) is 0 Å². The Kier molecular flexibility index (Phi) is 4.21. The number of nitrogens with one attached hydrogen (secondary N) is 1. The fourth-order valence-electron chi connectivity index (χ4n) is 2.06. The first-order chi connectivity index (χ1) is 10.7. The van der Waals surface area contributed by atoms with Crippen molar-refractivity contribution in [2.24, 2.45) is 0 Å². The van der Waals surface area contributed by atoms with Crippen LogP contribution < -0.4 is 10.1 Å². The number of anilines is 2. The van der Waals surface area contributed by atoms with Crippen molar-refractivity contribution < 1.29 is 4.74 Å². The van der Waals surface area contributed by atoms with Crippen LogP contribution in [-0.4, -0.2) is 17.1 Å². The van der Waals surface area contributed by atoms with E-state index in [2.05, 4.69) is 15.3 Å². The fourth-order valence-corrected chi connectivity index (χ4v) is 2.25. The largest absolute Gasteiger partial charge is 0.497 e.